The smallest absolute Gasteiger partial charge is 0.305 e. The minimum atomic E-state index is -1.95. The number of carboxylic acids is 2. The van der Waals surface area contributed by atoms with Crippen LogP contribution < -0.4 is 53.6 Å². The van der Waals surface area contributed by atoms with Crippen molar-refractivity contribution in [2.45, 2.75) is 185 Å². The SMILES string of the molecule is CCCC[C@H]1C(=O)N(C)CC(=O)N[C@@H](CC(=O)O)C(=O)N[C@@H](C(C)C)C(=O)N(C)[C@@H](Cc2ccccc2)C(=O)N[C@@H](Cc2ccc(O)cc2)C(=O)N(C)[C@H](CCC(=O)O)C(=O)NC[C@@H](Cc2c[nH]c3ccccc23)C(=O)N[C@@H](Cc2ccc(O)cc2)C(=O)N[C@@H](CC(C)C)C(=O)N[C@H](C(=O)NCC(N)=O)CSCC(=O)N[C@@H](Cc2ccccc2)C(=O)N(C)[C@@H](Cc2c[nH]c3ccccc23)C(=O)N1C. The minimum Gasteiger partial charge on any atom is -0.508 e. The summed E-state index contributed by atoms with van der Waals surface area (Å²) in [7, 11) is 6.42. The molecule has 0 radical (unpaired) electrons. The number of phenols is 2. The van der Waals surface area contributed by atoms with E-state index in [1.54, 1.807) is 143 Å². The van der Waals surface area contributed by atoms with Gasteiger partial charge in [0.1, 0.15) is 78.0 Å². The number of aromatic amines is 2. The number of carboxylic acid groups (broad SMARTS) is 2. The normalized spacial score (nSPS) is 21.9. The van der Waals surface area contributed by atoms with E-state index in [0.717, 1.165) is 31.4 Å². The molecule has 15 amide bonds. The van der Waals surface area contributed by atoms with Crippen LogP contribution in [0.2, 0.25) is 0 Å². The van der Waals surface area contributed by atoms with Crippen LogP contribution in [0.1, 0.15) is 113 Å². The molecule has 2 aromatic heterocycles. The highest BCUT2D eigenvalue weighted by atomic mass is 32.2. The summed E-state index contributed by atoms with van der Waals surface area (Å²) in [4.78, 5) is 262. The third-order valence-corrected chi connectivity index (χ3v) is 25.2. The van der Waals surface area contributed by atoms with E-state index >= 15 is 47.9 Å². The number of para-hydroxylation sites is 2. The van der Waals surface area contributed by atoms with E-state index in [2.05, 4.69) is 57.8 Å². The second-order valence-electron chi connectivity index (χ2n) is 35.5. The molecule has 17 N–H and O–H groups in total. The van der Waals surface area contributed by atoms with Crippen molar-refractivity contribution < 1.29 is 102 Å². The van der Waals surface area contributed by atoms with Gasteiger partial charge in [-0.2, -0.15) is 0 Å². The Morgan fingerprint density at radius 3 is 1.48 bits per heavy atom. The largest absolute Gasteiger partial charge is 0.508 e. The molecule has 0 bridgehead atoms. The van der Waals surface area contributed by atoms with Crippen LogP contribution in [0.15, 0.2) is 170 Å². The lowest BCUT2D eigenvalue weighted by atomic mass is 9.96. The molecule has 738 valence electrons. The number of H-pyrrole nitrogens is 2. The lowest BCUT2D eigenvalue weighted by Crippen LogP contribution is -2.61. The number of thioether (sulfide) groups is 1. The Bertz CT molecular complexity index is 5620. The molecule has 1 fully saturated rings. The molecule has 38 nitrogen and oxygen atoms in total. The number of hydrogen-bond donors (Lipinski definition) is 16. The Hall–Kier alpha value is -14.7. The van der Waals surface area contributed by atoms with Gasteiger partial charge in [0.05, 0.1) is 31.2 Å². The minimum absolute atomic E-state index is 0.000489. The van der Waals surface area contributed by atoms with Gasteiger partial charge in [-0.25, -0.2) is 0 Å². The van der Waals surface area contributed by atoms with E-state index in [1.165, 1.54) is 88.7 Å². The number of nitrogens with zero attached hydrogens (tertiary/aromatic N) is 5. The molecular weight excluding hydrogens is 1800 g/mol. The van der Waals surface area contributed by atoms with Gasteiger partial charge in [0.15, 0.2) is 0 Å². The van der Waals surface area contributed by atoms with E-state index in [-0.39, 0.29) is 68.8 Å². The Kier molecular flexibility index (Phi) is 39.8. The molecule has 1 aliphatic heterocycles. The summed E-state index contributed by atoms with van der Waals surface area (Å²) in [6.45, 7) is 6.26. The van der Waals surface area contributed by atoms with Crippen LogP contribution in [0.5, 0.6) is 11.5 Å². The van der Waals surface area contributed by atoms with Gasteiger partial charge in [-0.3, -0.25) is 81.5 Å². The third-order valence-electron chi connectivity index (χ3n) is 24.2. The summed E-state index contributed by atoms with van der Waals surface area (Å²) < 4.78 is 0. The zero-order valence-electron chi connectivity index (χ0n) is 78.9. The number of nitrogens with two attached hydrogens (primary N) is 1. The number of unbranched alkanes of at least 4 members (excludes halogenated alkanes) is 1. The summed E-state index contributed by atoms with van der Waals surface area (Å²) in [5.41, 5.74) is 9.69. The number of fused-ring (bicyclic) bond motifs is 2. The van der Waals surface area contributed by atoms with Crippen LogP contribution in [0.25, 0.3) is 21.8 Å². The van der Waals surface area contributed by atoms with Gasteiger partial charge in [0, 0.05) is 120 Å². The molecule has 138 heavy (non-hydrogen) atoms. The van der Waals surface area contributed by atoms with Crippen LogP contribution in [0, 0.1) is 17.8 Å². The average molecular weight is 1920 g/mol. The van der Waals surface area contributed by atoms with Crippen molar-refractivity contribution in [1.29, 1.82) is 0 Å². The molecule has 8 aromatic rings. The van der Waals surface area contributed by atoms with Gasteiger partial charge >= 0.3 is 11.9 Å². The number of aliphatic carboxylic acids is 2. The molecule has 1 aliphatic rings. The van der Waals surface area contributed by atoms with Gasteiger partial charge < -0.3 is 108 Å². The van der Waals surface area contributed by atoms with Crippen molar-refractivity contribution in [2.24, 2.45) is 23.5 Å². The third kappa shape index (κ3) is 30.9. The Balaban J connectivity index is 1.14. The van der Waals surface area contributed by atoms with Gasteiger partial charge in [-0.15, -0.1) is 11.8 Å². The number of amides is 15. The fourth-order valence-corrected chi connectivity index (χ4v) is 17.3. The first-order chi connectivity index (χ1) is 65.7. The van der Waals surface area contributed by atoms with Crippen LogP contribution in [-0.2, 0) is 120 Å². The second-order valence-corrected chi connectivity index (χ2v) is 36.5. The molecule has 39 heteroatoms. The number of carbonyl (C=O) groups is 17. The maximum Gasteiger partial charge on any atom is 0.305 e. The van der Waals surface area contributed by atoms with Crippen molar-refractivity contribution in [3.05, 3.63) is 203 Å². The number of aromatic hydroxyl groups is 2. The highest BCUT2D eigenvalue weighted by Crippen LogP contribution is 2.28. The molecule has 3 heterocycles. The standard InChI is InChI=1S/C99H125N17O21S/c1-11-12-31-79-97(135)112(6)54-83(120)105-74(49-86(124)125)92(130)111-87(58(4)5)99(137)115(9)80(46-60-25-17-14-18-26-60)94(132)109-76(45-62-34-38-67(118)39-35-62)96(134)113(7)78(40-41-85(122)123)93(131)103-52-65(47-63-50-101-70-29-21-19-27-68(63)70)88(126)107-73(43-61-32-36-66(117)37-33-61)91(129)108-72(42-57(2)3)90(128)110-77(89(127)104-53-82(100)119)55-138-56-84(121)106-75(44-59-23-15-13-16-24-59)95(133)116(10)81(98(136)114(79)8)48-64-51-102-71-30-22-20-28-69(64)71/h13-30,32-39,50-51,57-58,65,72-81,87,101-102,117-118H,11-12,31,40-49,52-56H2,1-10H3,(H2,100,119)(H,103,131)(H,104,127)(H,105,120)(H,106,121)(H,107,126)(H,108,129)(H,109,132)(H,110,128)(H,111,130)(H,122,123)(H,124,125)/t65-,72+,73+,74+,75+,76+,77+,78-,79+,80+,81+,87+/m1/s1. The van der Waals surface area contributed by atoms with Gasteiger partial charge in [0.2, 0.25) is 88.6 Å². The van der Waals surface area contributed by atoms with Crippen molar-refractivity contribution in [3.8, 4) is 11.5 Å². The molecule has 0 unspecified atom stereocenters. The molecule has 0 saturated carbocycles. The van der Waals surface area contributed by atoms with Crippen LogP contribution in [-0.4, -0.2) is 288 Å². The number of hydrogen-bond acceptors (Lipinski definition) is 20. The summed E-state index contributed by atoms with van der Waals surface area (Å²) in [6.07, 6.45) is 0.187. The van der Waals surface area contributed by atoms with E-state index in [1.807, 2.05) is 13.0 Å². The maximum absolute atomic E-state index is 15.8. The first kappa shape index (κ1) is 107. The Labute approximate surface area is 803 Å². The molecule has 1 saturated heterocycles. The fourth-order valence-electron chi connectivity index (χ4n) is 16.4. The lowest BCUT2D eigenvalue weighted by Gasteiger charge is -2.37. The number of primary amides is 1. The van der Waals surface area contributed by atoms with Crippen molar-refractivity contribution in [2.75, 3.05) is 66.4 Å². The summed E-state index contributed by atoms with van der Waals surface area (Å²) >= 11 is 0.816. The zero-order valence-corrected chi connectivity index (χ0v) is 79.7. The number of likely N-dealkylation sites (N-methyl/N-ethyl adjacent to an activating group) is 5. The van der Waals surface area contributed by atoms with E-state index in [9.17, 15) is 54.0 Å². The summed E-state index contributed by atoms with van der Waals surface area (Å²) in [6, 6.07) is 24.8. The van der Waals surface area contributed by atoms with Gasteiger partial charge in [0.25, 0.3) is 0 Å². The Morgan fingerprint density at radius 1 is 0.457 bits per heavy atom. The predicted molar refractivity (Wildman–Crippen MR) is 514 cm³/mol. The van der Waals surface area contributed by atoms with Crippen molar-refractivity contribution >= 4 is 134 Å². The lowest BCUT2D eigenvalue weighted by molar-refractivity contribution is -0.151. The molecular formula is C99H125N17O21S. The number of carbonyl (C=O) groups excluding carboxylic acids is 15. The van der Waals surface area contributed by atoms with E-state index < -0.39 is 229 Å². The first-order valence-electron chi connectivity index (χ1n) is 45.7. The van der Waals surface area contributed by atoms with Crippen LogP contribution >= 0.6 is 11.8 Å². The summed E-state index contributed by atoms with van der Waals surface area (Å²) in [5, 5.41) is 66.8. The number of nitrogens with one attached hydrogen (secondary N) is 11. The van der Waals surface area contributed by atoms with E-state index in [4.69, 9.17) is 5.73 Å². The van der Waals surface area contributed by atoms with Crippen molar-refractivity contribution in [1.82, 2.24) is 82.3 Å². The number of rotatable bonds is 26. The monoisotopic (exact) mass is 1920 g/mol. The highest BCUT2D eigenvalue weighted by Gasteiger charge is 2.43. The summed E-state index contributed by atoms with van der Waals surface area (Å²) in [5.74, 6) is -20.8. The molecule has 0 aliphatic carbocycles. The van der Waals surface area contributed by atoms with Crippen molar-refractivity contribution in [3.63, 3.8) is 0 Å². The second kappa shape index (κ2) is 51.3. The zero-order chi connectivity index (χ0) is 101. The number of benzene rings is 6. The maximum atomic E-state index is 15.8. The van der Waals surface area contributed by atoms with Gasteiger partial charge in [-0.05, 0) is 107 Å². The number of phenolic OH excluding ortho intramolecular Hbond substituents is 2. The predicted octanol–water partition coefficient (Wildman–Crippen LogP) is 3.29. The molecule has 6 aromatic carbocycles. The van der Waals surface area contributed by atoms with E-state index in [0.29, 0.717) is 68.0 Å². The Morgan fingerprint density at radius 2 is 0.935 bits per heavy atom. The average Bonchev–Trinajstić information content (AvgIpc) is 1.60. The molecule has 9 rings (SSSR count). The first-order valence-corrected chi connectivity index (χ1v) is 46.8. The number of aromatic nitrogens is 2. The molecule has 12 atom stereocenters. The molecule has 0 spiro atoms. The highest BCUT2D eigenvalue weighted by molar-refractivity contribution is 8.00. The van der Waals surface area contributed by atoms with Crippen LogP contribution in [0.4, 0.5) is 0 Å². The van der Waals surface area contributed by atoms with Crippen LogP contribution in [0.3, 0.4) is 0 Å². The fraction of sp³-hybridized carbons (Fsp3) is 0.424. The van der Waals surface area contributed by atoms with Gasteiger partial charge in [-0.1, -0.05) is 169 Å². The quantitative estimate of drug-likeness (QED) is 0.0370. The topological polar surface area (TPSA) is 553 Å².